The standard InChI is InChI=1S/C15H13N5S/c1-8-6-16-5-4-11(8)13-18-9(2)12-10(3)19-15-14(20(12)13)17-7-21-15/h4-7H,1-3H3. The van der Waals surface area contributed by atoms with Crippen molar-refractivity contribution in [2.75, 3.05) is 0 Å². The first-order valence-corrected chi connectivity index (χ1v) is 7.54. The fourth-order valence-electron chi connectivity index (χ4n) is 2.73. The van der Waals surface area contributed by atoms with E-state index in [9.17, 15) is 0 Å². The number of aryl methyl sites for hydroxylation is 3. The molecule has 4 aromatic heterocycles. The molecular formula is C15H13N5S. The van der Waals surface area contributed by atoms with Crippen molar-refractivity contribution >= 4 is 27.3 Å². The van der Waals surface area contributed by atoms with E-state index in [-0.39, 0.29) is 0 Å². The Morgan fingerprint density at radius 3 is 2.71 bits per heavy atom. The van der Waals surface area contributed by atoms with Gasteiger partial charge in [0.05, 0.1) is 22.4 Å². The highest BCUT2D eigenvalue weighted by Crippen LogP contribution is 2.29. The molecule has 0 aliphatic rings. The second-order valence-corrected chi connectivity index (χ2v) is 5.91. The van der Waals surface area contributed by atoms with Crippen LogP contribution in [0.4, 0.5) is 0 Å². The smallest absolute Gasteiger partial charge is 0.176 e. The maximum absolute atomic E-state index is 4.77. The van der Waals surface area contributed by atoms with Gasteiger partial charge < -0.3 is 0 Å². The average molecular weight is 295 g/mol. The van der Waals surface area contributed by atoms with Gasteiger partial charge in [-0.3, -0.25) is 9.38 Å². The molecule has 4 aromatic rings. The number of thiazole rings is 1. The molecule has 0 spiro atoms. The van der Waals surface area contributed by atoms with Crippen molar-refractivity contribution in [3.05, 3.63) is 40.9 Å². The Hall–Kier alpha value is -2.34. The fraction of sp³-hybridized carbons (Fsp3) is 0.200. The Morgan fingerprint density at radius 1 is 1.10 bits per heavy atom. The summed E-state index contributed by atoms with van der Waals surface area (Å²) in [5.41, 5.74) is 7.87. The molecule has 0 unspecified atom stereocenters. The van der Waals surface area contributed by atoms with Crippen molar-refractivity contribution < 1.29 is 0 Å². The fourth-order valence-corrected chi connectivity index (χ4v) is 3.42. The predicted molar refractivity (Wildman–Crippen MR) is 83.6 cm³/mol. The maximum atomic E-state index is 4.77. The van der Waals surface area contributed by atoms with E-state index < -0.39 is 0 Å². The molecule has 0 radical (unpaired) electrons. The summed E-state index contributed by atoms with van der Waals surface area (Å²) in [5, 5.41) is 0. The van der Waals surface area contributed by atoms with Gasteiger partial charge in [0.2, 0.25) is 0 Å². The molecule has 0 atom stereocenters. The number of aromatic nitrogens is 5. The summed E-state index contributed by atoms with van der Waals surface area (Å²) in [6.45, 7) is 6.08. The second-order valence-electron chi connectivity index (χ2n) is 5.07. The Labute approximate surface area is 125 Å². The summed E-state index contributed by atoms with van der Waals surface area (Å²) in [7, 11) is 0. The quantitative estimate of drug-likeness (QED) is 0.540. The minimum atomic E-state index is 0.868. The average Bonchev–Trinajstić information content (AvgIpc) is 3.04. The molecule has 21 heavy (non-hydrogen) atoms. The largest absolute Gasteiger partial charge is 0.272 e. The number of nitrogens with zero attached hydrogens (tertiary/aromatic N) is 5. The lowest BCUT2D eigenvalue weighted by Gasteiger charge is -2.06. The predicted octanol–water partition coefficient (Wildman–Crippen LogP) is 3.33. The minimum Gasteiger partial charge on any atom is -0.272 e. The van der Waals surface area contributed by atoms with Crippen molar-refractivity contribution in [1.29, 1.82) is 0 Å². The van der Waals surface area contributed by atoms with Crippen LogP contribution >= 0.6 is 11.3 Å². The third kappa shape index (κ3) is 1.69. The molecule has 104 valence electrons. The van der Waals surface area contributed by atoms with E-state index in [1.807, 2.05) is 38.5 Å². The van der Waals surface area contributed by atoms with E-state index in [1.54, 1.807) is 17.5 Å². The highest BCUT2D eigenvalue weighted by molar-refractivity contribution is 7.16. The van der Waals surface area contributed by atoms with Gasteiger partial charge in [0.25, 0.3) is 0 Å². The van der Waals surface area contributed by atoms with Gasteiger partial charge >= 0.3 is 0 Å². The molecule has 0 saturated heterocycles. The Bertz CT molecular complexity index is 982. The van der Waals surface area contributed by atoms with Crippen molar-refractivity contribution in [2.24, 2.45) is 0 Å². The molecular weight excluding hydrogens is 282 g/mol. The van der Waals surface area contributed by atoms with Crippen molar-refractivity contribution in [3.63, 3.8) is 0 Å². The molecule has 0 fully saturated rings. The van der Waals surface area contributed by atoms with E-state index >= 15 is 0 Å². The molecule has 0 amide bonds. The molecule has 0 aliphatic heterocycles. The highest BCUT2D eigenvalue weighted by Gasteiger charge is 2.18. The second kappa shape index (κ2) is 4.33. The topological polar surface area (TPSA) is 56.0 Å². The first-order valence-electron chi connectivity index (χ1n) is 6.66. The van der Waals surface area contributed by atoms with E-state index in [2.05, 4.69) is 19.4 Å². The van der Waals surface area contributed by atoms with E-state index in [4.69, 9.17) is 4.98 Å². The van der Waals surface area contributed by atoms with Crippen LogP contribution in [-0.2, 0) is 0 Å². The van der Waals surface area contributed by atoms with Crippen LogP contribution in [0.2, 0.25) is 0 Å². The molecule has 4 rings (SSSR count). The third-order valence-electron chi connectivity index (χ3n) is 3.67. The van der Waals surface area contributed by atoms with E-state index in [1.165, 1.54) is 0 Å². The summed E-state index contributed by atoms with van der Waals surface area (Å²) in [6.07, 6.45) is 3.66. The number of hydrogen-bond donors (Lipinski definition) is 0. The van der Waals surface area contributed by atoms with Crippen LogP contribution in [0, 0.1) is 20.8 Å². The SMILES string of the molecule is Cc1cnccc1-c1nc(C)c2c(C)nc3scnc3n12. The first-order chi connectivity index (χ1) is 10.2. The lowest BCUT2D eigenvalue weighted by Crippen LogP contribution is -1.97. The Morgan fingerprint density at radius 2 is 1.90 bits per heavy atom. The molecule has 6 heteroatoms. The van der Waals surface area contributed by atoms with Crippen LogP contribution in [0.3, 0.4) is 0 Å². The van der Waals surface area contributed by atoms with Gasteiger partial charge in [-0.15, -0.1) is 11.3 Å². The van der Waals surface area contributed by atoms with Gasteiger partial charge in [-0.05, 0) is 32.4 Å². The van der Waals surface area contributed by atoms with Gasteiger partial charge in [0, 0.05) is 18.0 Å². The normalized spacial score (nSPS) is 11.6. The lowest BCUT2D eigenvalue weighted by atomic mass is 10.1. The van der Waals surface area contributed by atoms with Crippen LogP contribution in [0.25, 0.3) is 27.4 Å². The van der Waals surface area contributed by atoms with Crippen LogP contribution < -0.4 is 0 Å². The Kier molecular flexibility index (Phi) is 2.56. The van der Waals surface area contributed by atoms with Crippen molar-refractivity contribution in [3.8, 4) is 11.4 Å². The van der Waals surface area contributed by atoms with Gasteiger partial charge in [0.1, 0.15) is 5.82 Å². The summed E-state index contributed by atoms with van der Waals surface area (Å²) in [6, 6.07) is 2.00. The lowest BCUT2D eigenvalue weighted by molar-refractivity contribution is 1.13. The van der Waals surface area contributed by atoms with Crippen molar-refractivity contribution in [1.82, 2.24) is 24.3 Å². The van der Waals surface area contributed by atoms with Crippen LogP contribution in [0.15, 0.2) is 24.0 Å². The van der Waals surface area contributed by atoms with Gasteiger partial charge in [-0.25, -0.2) is 15.0 Å². The maximum Gasteiger partial charge on any atom is 0.176 e. The molecule has 5 nitrogen and oxygen atoms in total. The van der Waals surface area contributed by atoms with Crippen molar-refractivity contribution in [2.45, 2.75) is 20.8 Å². The molecule has 0 aromatic carbocycles. The molecule has 4 heterocycles. The van der Waals surface area contributed by atoms with Gasteiger partial charge in [-0.1, -0.05) is 0 Å². The summed E-state index contributed by atoms with van der Waals surface area (Å²) in [5.74, 6) is 0.906. The highest BCUT2D eigenvalue weighted by atomic mass is 32.1. The number of pyridine rings is 1. The molecule has 0 aliphatic carbocycles. The van der Waals surface area contributed by atoms with E-state index in [0.717, 1.165) is 44.3 Å². The van der Waals surface area contributed by atoms with Crippen LogP contribution in [-0.4, -0.2) is 24.3 Å². The number of fused-ring (bicyclic) bond motifs is 3. The molecule has 0 bridgehead atoms. The number of imidazole rings is 1. The molecule has 0 N–H and O–H groups in total. The number of hydrogen-bond acceptors (Lipinski definition) is 5. The monoisotopic (exact) mass is 295 g/mol. The number of rotatable bonds is 1. The van der Waals surface area contributed by atoms with Gasteiger partial charge in [0.15, 0.2) is 10.5 Å². The van der Waals surface area contributed by atoms with Crippen LogP contribution in [0.5, 0.6) is 0 Å². The zero-order valence-corrected chi connectivity index (χ0v) is 12.8. The molecule has 0 saturated carbocycles. The third-order valence-corrected chi connectivity index (χ3v) is 4.38. The summed E-state index contributed by atoms with van der Waals surface area (Å²) >= 11 is 1.55. The minimum absolute atomic E-state index is 0.868. The van der Waals surface area contributed by atoms with E-state index in [0.29, 0.717) is 0 Å². The Balaban J connectivity index is 2.23. The zero-order valence-electron chi connectivity index (χ0n) is 12.0. The first kappa shape index (κ1) is 12.4. The zero-order chi connectivity index (χ0) is 14.6. The van der Waals surface area contributed by atoms with Gasteiger partial charge in [-0.2, -0.15) is 0 Å². The summed E-state index contributed by atoms with van der Waals surface area (Å²) < 4.78 is 2.12. The van der Waals surface area contributed by atoms with Crippen LogP contribution in [0.1, 0.15) is 17.0 Å². The summed E-state index contributed by atoms with van der Waals surface area (Å²) in [4.78, 5) is 19.0.